The zero-order chi connectivity index (χ0) is 17.5. The molecule has 2 aromatic heterocycles. The van der Waals surface area contributed by atoms with Gasteiger partial charge in [0.1, 0.15) is 18.0 Å². The van der Waals surface area contributed by atoms with Crippen molar-refractivity contribution in [3.8, 4) is 6.07 Å². The van der Waals surface area contributed by atoms with Crippen molar-refractivity contribution in [2.75, 3.05) is 37.7 Å². The smallest absolute Gasteiger partial charge is 0.257 e. The summed E-state index contributed by atoms with van der Waals surface area (Å²) in [6, 6.07) is 6.26. The van der Waals surface area contributed by atoms with Crippen LogP contribution in [0.3, 0.4) is 0 Å². The van der Waals surface area contributed by atoms with Gasteiger partial charge in [-0.05, 0) is 25.0 Å². The Labute approximate surface area is 151 Å². The van der Waals surface area contributed by atoms with E-state index in [1.54, 1.807) is 12.3 Å². The van der Waals surface area contributed by atoms with Gasteiger partial charge in [0.25, 0.3) is 5.89 Å². The minimum absolute atomic E-state index is 0.151. The molecule has 1 unspecified atom stereocenters. The molecule has 2 aromatic rings. The van der Waals surface area contributed by atoms with Gasteiger partial charge in [0.15, 0.2) is 5.82 Å². The molecule has 1 saturated carbocycles. The molecule has 0 amide bonds. The zero-order valence-corrected chi connectivity index (χ0v) is 14.4. The van der Waals surface area contributed by atoms with E-state index in [-0.39, 0.29) is 6.10 Å². The third kappa shape index (κ3) is 2.83. The first-order chi connectivity index (χ1) is 12.8. The van der Waals surface area contributed by atoms with Crippen LogP contribution in [0.5, 0.6) is 0 Å². The number of hydrogen-bond acceptors (Lipinski definition) is 8. The van der Waals surface area contributed by atoms with Crippen molar-refractivity contribution in [2.45, 2.75) is 30.9 Å². The van der Waals surface area contributed by atoms with E-state index in [2.05, 4.69) is 31.0 Å². The minimum Gasteiger partial charge on any atom is -0.366 e. The Morgan fingerprint density at radius 1 is 1.23 bits per heavy atom. The number of ether oxygens (including phenoxy) is 1. The topological polar surface area (TPSA) is 91.3 Å². The monoisotopic (exact) mass is 352 g/mol. The van der Waals surface area contributed by atoms with Crippen LogP contribution in [0.4, 0.5) is 5.82 Å². The minimum atomic E-state index is -0.151. The Bertz CT molecular complexity index is 836. The van der Waals surface area contributed by atoms with Crippen LogP contribution in [-0.2, 0) is 4.74 Å². The lowest BCUT2D eigenvalue weighted by atomic mass is 10.0. The number of nitrogens with zero attached hydrogens (tertiary/aromatic N) is 6. The van der Waals surface area contributed by atoms with Crippen molar-refractivity contribution in [3.05, 3.63) is 35.6 Å². The van der Waals surface area contributed by atoms with Crippen LogP contribution < -0.4 is 4.90 Å². The predicted octanol–water partition coefficient (Wildman–Crippen LogP) is 1.48. The van der Waals surface area contributed by atoms with Crippen LogP contribution in [0.25, 0.3) is 0 Å². The molecule has 2 saturated heterocycles. The van der Waals surface area contributed by atoms with E-state index in [1.165, 1.54) is 0 Å². The summed E-state index contributed by atoms with van der Waals surface area (Å²) >= 11 is 0. The molecule has 4 heterocycles. The van der Waals surface area contributed by atoms with Crippen LogP contribution in [0.15, 0.2) is 22.9 Å². The first kappa shape index (κ1) is 15.7. The summed E-state index contributed by atoms with van der Waals surface area (Å²) in [4.78, 5) is 13.5. The van der Waals surface area contributed by atoms with E-state index in [1.807, 2.05) is 6.07 Å². The van der Waals surface area contributed by atoms with Crippen molar-refractivity contribution in [2.24, 2.45) is 0 Å². The zero-order valence-electron chi connectivity index (χ0n) is 14.4. The summed E-state index contributed by atoms with van der Waals surface area (Å²) < 4.78 is 11.3. The maximum atomic E-state index is 9.24. The highest BCUT2D eigenvalue weighted by Gasteiger charge is 2.38. The van der Waals surface area contributed by atoms with Crippen molar-refractivity contribution < 1.29 is 9.26 Å². The molecule has 26 heavy (non-hydrogen) atoms. The molecule has 8 heteroatoms. The van der Waals surface area contributed by atoms with E-state index in [0.29, 0.717) is 30.0 Å². The number of pyridine rings is 1. The molecular formula is C18H20N6O2. The van der Waals surface area contributed by atoms with Crippen LogP contribution in [0.1, 0.15) is 42.1 Å². The van der Waals surface area contributed by atoms with Gasteiger partial charge in [-0.3, -0.25) is 4.90 Å². The number of aromatic nitrogens is 3. The standard InChI is InChI=1S/C18H20N6O2/c19-8-13-2-1-5-20-17(13)24-9-14(10-24)23-6-7-25-15(11-23)18-21-16(22-26-18)12-3-4-12/h1-2,5,12,14-15H,3-4,6-7,9-11H2. The molecular weight excluding hydrogens is 332 g/mol. The molecule has 2 aliphatic heterocycles. The maximum absolute atomic E-state index is 9.24. The summed E-state index contributed by atoms with van der Waals surface area (Å²) in [5.74, 6) is 2.70. The third-order valence-corrected chi connectivity index (χ3v) is 5.36. The van der Waals surface area contributed by atoms with Gasteiger partial charge in [-0.15, -0.1) is 0 Å². The second-order valence-corrected chi connectivity index (χ2v) is 7.16. The van der Waals surface area contributed by atoms with Crippen LogP contribution in [0, 0.1) is 11.3 Å². The van der Waals surface area contributed by atoms with Gasteiger partial charge in [-0.2, -0.15) is 10.2 Å². The van der Waals surface area contributed by atoms with E-state index >= 15 is 0 Å². The van der Waals surface area contributed by atoms with Crippen LogP contribution in [-0.4, -0.2) is 58.9 Å². The molecule has 3 aliphatic rings. The van der Waals surface area contributed by atoms with Gasteiger partial charge in [0.2, 0.25) is 0 Å². The molecule has 1 aliphatic carbocycles. The fourth-order valence-electron chi connectivity index (χ4n) is 3.63. The fourth-order valence-corrected chi connectivity index (χ4v) is 3.63. The fraction of sp³-hybridized carbons (Fsp3) is 0.556. The number of nitriles is 1. The molecule has 0 radical (unpaired) electrons. The summed E-state index contributed by atoms with van der Waals surface area (Å²) in [5, 5.41) is 13.3. The largest absolute Gasteiger partial charge is 0.366 e. The van der Waals surface area contributed by atoms with Gasteiger partial charge in [-0.1, -0.05) is 5.16 Å². The van der Waals surface area contributed by atoms with E-state index in [0.717, 1.165) is 50.7 Å². The Balaban J connectivity index is 1.22. The number of anilines is 1. The Morgan fingerprint density at radius 3 is 2.92 bits per heavy atom. The van der Waals surface area contributed by atoms with Gasteiger partial charge < -0.3 is 14.2 Å². The molecule has 134 valence electrons. The van der Waals surface area contributed by atoms with Crippen molar-refractivity contribution in [1.29, 1.82) is 5.26 Å². The number of hydrogen-bond donors (Lipinski definition) is 0. The highest BCUT2D eigenvalue weighted by molar-refractivity contribution is 5.55. The molecule has 0 spiro atoms. The number of rotatable bonds is 4. The molecule has 8 nitrogen and oxygen atoms in total. The van der Waals surface area contributed by atoms with Crippen molar-refractivity contribution >= 4 is 5.82 Å². The second-order valence-electron chi connectivity index (χ2n) is 7.16. The van der Waals surface area contributed by atoms with E-state index in [4.69, 9.17) is 9.26 Å². The Hall–Kier alpha value is -2.50. The normalized spacial score (nSPS) is 24.3. The lowest BCUT2D eigenvalue weighted by molar-refractivity contribution is -0.0615. The summed E-state index contributed by atoms with van der Waals surface area (Å²) in [6.07, 6.45) is 3.91. The van der Waals surface area contributed by atoms with E-state index < -0.39 is 0 Å². The predicted molar refractivity (Wildman–Crippen MR) is 91.5 cm³/mol. The molecule has 0 N–H and O–H groups in total. The quantitative estimate of drug-likeness (QED) is 0.817. The van der Waals surface area contributed by atoms with E-state index in [9.17, 15) is 5.26 Å². The molecule has 1 atom stereocenters. The lowest BCUT2D eigenvalue weighted by Gasteiger charge is -2.48. The number of morpholine rings is 1. The first-order valence-corrected chi connectivity index (χ1v) is 9.11. The molecule has 0 bridgehead atoms. The lowest BCUT2D eigenvalue weighted by Crippen LogP contribution is -2.62. The molecule has 5 rings (SSSR count). The van der Waals surface area contributed by atoms with Crippen molar-refractivity contribution in [3.63, 3.8) is 0 Å². The average molecular weight is 352 g/mol. The van der Waals surface area contributed by atoms with Crippen LogP contribution >= 0.6 is 0 Å². The highest BCUT2D eigenvalue weighted by Crippen LogP contribution is 2.39. The third-order valence-electron chi connectivity index (χ3n) is 5.36. The van der Waals surface area contributed by atoms with Gasteiger partial charge >= 0.3 is 0 Å². The SMILES string of the molecule is N#Cc1cccnc1N1CC(N2CCOC(c3nc(C4CC4)no3)C2)C1. The van der Waals surface area contributed by atoms with Gasteiger partial charge in [0.05, 0.1) is 12.2 Å². The molecule has 3 fully saturated rings. The first-order valence-electron chi connectivity index (χ1n) is 9.11. The average Bonchev–Trinajstić information content (AvgIpc) is 3.38. The Morgan fingerprint density at radius 2 is 2.12 bits per heavy atom. The van der Waals surface area contributed by atoms with Gasteiger partial charge in [-0.25, -0.2) is 4.98 Å². The maximum Gasteiger partial charge on any atom is 0.257 e. The van der Waals surface area contributed by atoms with Crippen molar-refractivity contribution in [1.82, 2.24) is 20.0 Å². The summed E-state index contributed by atoms with van der Waals surface area (Å²) in [6.45, 7) is 4.06. The summed E-state index contributed by atoms with van der Waals surface area (Å²) in [5.41, 5.74) is 0.629. The Kier molecular flexibility index (Phi) is 3.84. The summed E-state index contributed by atoms with van der Waals surface area (Å²) in [7, 11) is 0. The van der Waals surface area contributed by atoms with Crippen LogP contribution in [0.2, 0.25) is 0 Å². The van der Waals surface area contributed by atoms with Gasteiger partial charge in [0, 0.05) is 44.3 Å². The second kappa shape index (κ2) is 6.34. The highest BCUT2D eigenvalue weighted by atomic mass is 16.5. The molecule has 0 aromatic carbocycles.